The van der Waals surface area contributed by atoms with Gasteiger partial charge >= 0.3 is 0 Å². The van der Waals surface area contributed by atoms with Crippen LogP contribution in [0.3, 0.4) is 0 Å². The molecule has 0 bridgehead atoms. The quantitative estimate of drug-likeness (QED) is 0.372. The molecule has 5 rings (SSSR count). The van der Waals surface area contributed by atoms with Crippen molar-refractivity contribution in [2.45, 2.75) is 55.4 Å². The van der Waals surface area contributed by atoms with E-state index in [0.29, 0.717) is 53.9 Å². The number of nitrogens with zero attached hydrogens (tertiary/aromatic N) is 4. The number of aromatic amines is 1. The molecular formula is C24H34N6O7S2. The Morgan fingerprint density at radius 3 is 2.38 bits per heavy atom. The maximum absolute atomic E-state index is 13.2. The minimum Gasteiger partial charge on any atom is -0.496 e. The minimum atomic E-state index is -3.69. The van der Waals surface area contributed by atoms with E-state index in [4.69, 9.17) is 20.0 Å². The highest BCUT2D eigenvalue weighted by atomic mass is 32.2. The highest BCUT2D eigenvalue weighted by molar-refractivity contribution is 7.89. The molecule has 2 aliphatic rings. The Hall–Kier alpha value is -2.85. The predicted molar refractivity (Wildman–Crippen MR) is 146 cm³/mol. The van der Waals surface area contributed by atoms with E-state index >= 15 is 0 Å². The number of nitrogens with two attached hydrogens (primary N) is 1. The highest BCUT2D eigenvalue weighted by Gasteiger charge is 2.32. The van der Waals surface area contributed by atoms with Gasteiger partial charge < -0.3 is 15.5 Å². The van der Waals surface area contributed by atoms with Gasteiger partial charge in [-0.15, -0.1) is 0 Å². The maximum atomic E-state index is 13.2. The number of nitrogens with one attached hydrogen (secondary N) is 1. The van der Waals surface area contributed by atoms with Crippen molar-refractivity contribution >= 4 is 31.2 Å². The van der Waals surface area contributed by atoms with Crippen LogP contribution in [0.1, 0.15) is 50.1 Å². The van der Waals surface area contributed by atoms with Crippen molar-refractivity contribution in [1.82, 2.24) is 24.1 Å². The summed E-state index contributed by atoms with van der Waals surface area (Å²) in [6, 6.07) is 4.44. The van der Waals surface area contributed by atoms with E-state index in [2.05, 4.69) is 10.1 Å². The summed E-state index contributed by atoms with van der Waals surface area (Å²) >= 11 is 0. The molecule has 1 atom stereocenters. The molecule has 4 N–H and O–H groups in total. The topological polar surface area (TPSA) is 191 Å². The third-order valence-electron chi connectivity index (χ3n) is 6.97. The van der Waals surface area contributed by atoms with Crippen LogP contribution in [0, 0.1) is 0 Å². The lowest BCUT2D eigenvalue weighted by Crippen LogP contribution is -2.32. The summed E-state index contributed by atoms with van der Waals surface area (Å²) in [5.41, 5.74) is 7.46. The number of benzene rings is 1. The lowest BCUT2D eigenvalue weighted by Gasteiger charge is -2.19. The van der Waals surface area contributed by atoms with E-state index < -0.39 is 20.1 Å². The number of fused-ring (bicyclic) bond motifs is 1. The highest BCUT2D eigenvalue weighted by Crippen LogP contribution is 2.36. The fraction of sp³-hybridized carbons (Fsp3) is 0.542. The molecule has 1 aliphatic heterocycles. The van der Waals surface area contributed by atoms with Gasteiger partial charge in [0.25, 0.3) is 15.7 Å². The first-order valence-corrected chi connectivity index (χ1v) is 15.9. The smallest absolute Gasteiger partial charge is 0.262 e. The summed E-state index contributed by atoms with van der Waals surface area (Å²) in [6.45, 7) is 0.685. The molecule has 1 aliphatic carbocycles. The molecular weight excluding hydrogens is 548 g/mol. The van der Waals surface area contributed by atoms with E-state index in [9.17, 15) is 21.6 Å². The lowest BCUT2D eigenvalue weighted by atomic mass is 9.86. The van der Waals surface area contributed by atoms with Crippen LogP contribution in [0.15, 0.2) is 27.9 Å². The number of methoxy groups -OCH3 is 1. The summed E-state index contributed by atoms with van der Waals surface area (Å²) in [5.74, 6) is 0.880. The second kappa shape index (κ2) is 11.3. The average molecular weight is 583 g/mol. The fourth-order valence-electron chi connectivity index (χ4n) is 5.12. The standard InChI is InChI=1S/C23H30N6O4S.CH4O3S/c1-28-22-19(20(27-28)14-6-4-3-5-7-14)23(30)26-21(25-22)17-9-8-16(12-18(17)33-2)34(31,32)29-11-10-15(24)13-29;1-5(2,3)4/h8-9,12,14-15H,3-7,10-11,13,24H2,1-2H3,(H,25,26,30);1H3,(H,2,3,4). The number of sulfonamides is 1. The molecule has 3 aromatic rings. The zero-order valence-electron chi connectivity index (χ0n) is 22.1. The Kier molecular flexibility index (Phi) is 8.47. The van der Waals surface area contributed by atoms with Gasteiger partial charge in [0.1, 0.15) is 17.0 Å². The second-order valence-electron chi connectivity index (χ2n) is 9.96. The normalized spacial score (nSPS) is 19.2. The van der Waals surface area contributed by atoms with Gasteiger partial charge in [0.05, 0.1) is 29.5 Å². The predicted octanol–water partition coefficient (Wildman–Crippen LogP) is 1.61. The SMILES string of the molecule is COc1cc(S(=O)(=O)N2CCC(N)C2)ccc1-c1nc2c(c(C3CCCCC3)nn2C)c(=O)[nH]1.CS(=O)(=O)O. The van der Waals surface area contributed by atoms with Crippen LogP contribution in [0.5, 0.6) is 5.75 Å². The summed E-state index contributed by atoms with van der Waals surface area (Å²) in [4.78, 5) is 20.9. The largest absolute Gasteiger partial charge is 0.496 e. The van der Waals surface area contributed by atoms with Crippen LogP contribution in [-0.2, 0) is 27.2 Å². The average Bonchev–Trinajstić information content (AvgIpc) is 3.47. The van der Waals surface area contributed by atoms with Crippen LogP contribution in [0.4, 0.5) is 0 Å². The zero-order chi connectivity index (χ0) is 28.5. The summed E-state index contributed by atoms with van der Waals surface area (Å²) in [6.07, 6.45) is 6.90. The first-order chi connectivity index (χ1) is 18.3. The van der Waals surface area contributed by atoms with Crippen molar-refractivity contribution in [2.24, 2.45) is 12.8 Å². The molecule has 1 unspecified atom stereocenters. The Labute approximate surface area is 227 Å². The lowest BCUT2D eigenvalue weighted by molar-refractivity contribution is 0.414. The third kappa shape index (κ3) is 6.49. The number of ether oxygens (including phenoxy) is 1. The van der Waals surface area contributed by atoms with E-state index in [1.165, 1.54) is 30.0 Å². The fourth-order valence-corrected chi connectivity index (χ4v) is 6.65. The van der Waals surface area contributed by atoms with Crippen LogP contribution in [-0.4, -0.2) is 77.9 Å². The van der Waals surface area contributed by atoms with Crippen LogP contribution in [0.2, 0.25) is 0 Å². The number of H-pyrrole nitrogens is 1. The molecule has 13 nitrogen and oxygen atoms in total. The maximum Gasteiger partial charge on any atom is 0.262 e. The molecule has 0 amide bonds. The van der Waals surface area contributed by atoms with Gasteiger partial charge in [0, 0.05) is 38.2 Å². The molecule has 2 fully saturated rings. The Balaban J connectivity index is 0.000000648. The molecule has 3 heterocycles. The van der Waals surface area contributed by atoms with Crippen molar-refractivity contribution in [3.63, 3.8) is 0 Å². The molecule has 1 saturated carbocycles. The van der Waals surface area contributed by atoms with Gasteiger partial charge in [-0.25, -0.2) is 18.1 Å². The van der Waals surface area contributed by atoms with Gasteiger partial charge in [0.15, 0.2) is 5.65 Å². The van der Waals surface area contributed by atoms with E-state index in [0.717, 1.165) is 31.4 Å². The van der Waals surface area contributed by atoms with Gasteiger partial charge in [-0.05, 0) is 31.4 Å². The molecule has 2 aromatic heterocycles. The molecule has 1 aromatic carbocycles. The number of hydrogen-bond acceptors (Lipinski definition) is 9. The Morgan fingerprint density at radius 1 is 1.13 bits per heavy atom. The Bertz CT molecular complexity index is 1620. The van der Waals surface area contributed by atoms with Gasteiger partial charge in [-0.2, -0.15) is 17.8 Å². The van der Waals surface area contributed by atoms with Crippen molar-refractivity contribution in [2.75, 3.05) is 26.5 Å². The number of aromatic nitrogens is 4. The van der Waals surface area contributed by atoms with E-state index in [-0.39, 0.29) is 22.4 Å². The van der Waals surface area contributed by atoms with Crippen LogP contribution < -0.4 is 16.0 Å². The molecule has 1 saturated heterocycles. The van der Waals surface area contributed by atoms with Crippen LogP contribution in [0.25, 0.3) is 22.4 Å². The third-order valence-corrected chi connectivity index (χ3v) is 8.83. The van der Waals surface area contributed by atoms with Crippen molar-refractivity contribution in [3.05, 3.63) is 34.2 Å². The minimum absolute atomic E-state index is 0.116. The molecule has 214 valence electrons. The first-order valence-electron chi connectivity index (χ1n) is 12.6. The molecule has 0 radical (unpaired) electrons. The second-order valence-corrected chi connectivity index (χ2v) is 13.4. The zero-order valence-corrected chi connectivity index (χ0v) is 23.8. The summed E-state index contributed by atoms with van der Waals surface area (Å²) < 4.78 is 60.5. The van der Waals surface area contributed by atoms with E-state index in [1.807, 2.05) is 0 Å². The van der Waals surface area contributed by atoms with Gasteiger partial charge in [-0.1, -0.05) is 19.3 Å². The van der Waals surface area contributed by atoms with E-state index in [1.54, 1.807) is 17.8 Å². The molecule has 0 spiro atoms. The van der Waals surface area contributed by atoms with Crippen molar-refractivity contribution in [1.29, 1.82) is 0 Å². The number of aryl methyl sites for hydroxylation is 1. The Morgan fingerprint density at radius 2 is 1.79 bits per heavy atom. The monoisotopic (exact) mass is 582 g/mol. The summed E-state index contributed by atoms with van der Waals surface area (Å²) in [5, 5.41) is 5.19. The first kappa shape index (κ1) is 29.1. The summed E-state index contributed by atoms with van der Waals surface area (Å²) in [7, 11) is -4.11. The van der Waals surface area contributed by atoms with Gasteiger partial charge in [0.2, 0.25) is 10.0 Å². The molecule has 39 heavy (non-hydrogen) atoms. The van der Waals surface area contributed by atoms with Crippen molar-refractivity contribution < 1.29 is 26.1 Å². The number of hydrogen-bond donors (Lipinski definition) is 3. The van der Waals surface area contributed by atoms with Gasteiger partial charge in [-0.3, -0.25) is 9.35 Å². The molecule has 15 heteroatoms. The number of rotatable bonds is 5. The van der Waals surface area contributed by atoms with Crippen LogP contribution >= 0.6 is 0 Å². The van der Waals surface area contributed by atoms with Crippen molar-refractivity contribution in [3.8, 4) is 17.1 Å².